The van der Waals surface area contributed by atoms with Crippen LogP contribution in [-0.2, 0) is 9.47 Å². The van der Waals surface area contributed by atoms with Crippen LogP contribution < -0.4 is 0 Å². The zero-order valence-corrected chi connectivity index (χ0v) is 10.5. The second kappa shape index (κ2) is 3.74. The summed E-state index contributed by atoms with van der Waals surface area (Å²) in [6.07, 6.45) is 4.81. The topological polar surface area (TPSA) is 18.5 Å². The van der Waals surface area contributed by atoms with Crippen LogP contribution in [0.1, 0.15) is 53.4 Å². The molecule has 15 heavy (non-hydrogen) atoms. The van der Waals surface area contributed by atoms with Crippen LogP contribution in [0.5, 0.6) is 0 Å². The highest BCUT2D eigenvalue weighted by molar-refractivity contribution is 4.90. The van der Waals surface area contributed by atoms with E-state index in [9.17, 15) is 0 Å². The van der Waals surface area contributed by atoms with Gasteiger partial charge in [-0.3, -0.25) is 0 Å². The first-order valence-electron chi connectivity index (χ1n) is 6.23. The Balaban J connectivity index is 2.12. The zero-order chi connectivity index (χ0) is 11.1. The molecular weight excluding hydrogens is 188 g/mol. The lowest BCUT2D eigenvalue weighted by Gasteiger charge is -2.50. The van der Waals surface area contributed by atoms with Gasteiger partial charge in [0.15, 0.2) is 5.79 Å². The second-order valence-corrected chi connectivity index (χ2v) is 6.33. The van der Waals surface area contributed by atoms with E-state index in [4.69, 9.17) is 9.47 Å². The van der Waals surface area contributed by atoms with Gasteiger partial charge in [-0.25, -0.2) is 0 Å². The molecule has 0 N–H and O–H groups in total. The van der Waals surface area contributed by atoms with Gasteiger partial charge in [0, 0.05) is 12.8 Å². The Morgan fingerprint density at radius 2 is 1.87 bits per heavy atom. The molecule has 1 saturated heterocycles. The molecule has 2 rings (SSSR count). The molecule has 2 fully saturated rings. The van der Waals surface area contributed by atoms with E-state index in [1.54, 1.807) is 0 Å². The Bertz CT molecular complexity index is 233. The Morgan fingerprint density at radius 1 is 1.13 bits per heavy atom. The van der Waals surface area contributed by atoms with Gasteiger partial charge >= 0.3 is 0 Å². The summed E-state index contributed by atoms with van der Waals surface area (Å²) in [5.41, 5.74) is 0.356. The van der Waals surface area contributed by atoms with Gasteiger partial charge in [-0.05, 0) is 31.1 Å². The van der Waals surface area contributed by atoms with Crippen LogP contribution in [0, 0.1) is 11.3 Å². The van der Waals surface area contributed by atoms with Gasteiger partial charge in [0.25, 0.3) is 0 Å². The number of hydrogen-bond acceptors (Lipinski definition) is 2. The predicted octanol–water partition coefficient (Wildman–Crippen LogP) is 3.35. The van der Waals surface area contributed by atoms with Crippen molar-refractivity contribution in [1.29, 1.82) is 0 Å². The number of hydrogen-bond donors (Lipinski definition) is 0. The molecular formula is C13H24O2. The molecule has 1 saturated carbocycles. The predicted molar refractivity (Wildman–Crippen MR) is 60.6 cm³/mol. The molecule has 1 aliphatic heterocycles. The molecule has 88 valence electrons. The lowest BCUT2D eigenvalue weighted by molar-refractivity contribution is -0.318. The van der Waals surface area contributed by atoms with Crippen LogP contribution >= 0.6 is 0 Å². The molecule has 2 aliphatic rings. The molecule has 2 heteroatoms. The normalized spacial score (nSPS) is 45.6. The molecule has 0 unspecified atom stereocenters. The molecule has 0 amide bonds. The smallest absolute Gasteiger partial charge is 0.169 e. The van der Waals surface area contributed by atoms with E-state index in [2.05, 4.69) is 27.7 Å². The Labute approximate surface area is 93.3 Å². The monoisotopic (exact) mass is 212 g/mol. The first kappa shape index (κ1) is 11.4. The molecule has 1 spiro atoms. The van der Waals surface area contributed by atoms with Gasteiger partial charge in [0.2, 0.25) is 0 Å². The van der Waals surface area contributed by atoms with Gasteiger partial charge in [0.1, 0.15) is 0 Å². The summed E-state index contributed by atoms with van der Waals surface area (Å²) in [5, 5.41) is 0. The first-order chi connectivity index (χ1) is 6.91. The fourth-order valence-electron chi connectivity index (χ4n) is 3.49. The van der Waals surface area contributed by atoms with Crippen molar-refractivity contribution in [2.45, 2.75) is 65.3 Å². The average molecular weight is 212 g/mol. The highest BCUT2D eigenvalue weighted by Gasteiger charge is 2.46. The van der Waals surface area contributed by atoms with E-state index in [1.165, 1.54) is 6.42 Å². The van der Waals surface area contributed by atoms with Crippen LogP contribution in [0.25, 0.3) is 0 Å². The third kappa shape index (κ3) is 2.54. The van der Waals surface area contributed by atoms with E-state index in [0.29, 0.717) is 17.4 Å². The Hall–Kier alpha value is -0.0800. The van der Waals surface area contributed by atoms with Crippen LogP contribution in [0.15, 0.2) is 0 Å². The Kier molecular flexibility index (Phi) is 2.85. The summed E-state index contributed by atoms with van der Waals surface area (Å²) < 4.78 is 12.1. The summed E-state index contributed by atoms with van der Waals surface area (Å²) >= 11 is 0. The number of ether oxygens (including phenoxy) is 2. The van der Waals surface area contributed by atoms with Crippen molar-refractivity contribution in [1.82, 2.24) is 0 Å². The second-order valence-electron chi connectivity index (χ2n) is 6.33. The molecule has 2 nitrogen and oxygen atoms in total. The molecule has 0 radical (unpaired) electrons. The molecule has 3 atom stereocenters. The SMILES string of the molecule is C[C@@H]1CC(C)(C)C[C@]2(C1)OCC[C@H](C)O2. The quantitative estimate of drug-likeness (QED) is 0.613. The third-order valence-corrected chi connectivity index (χ3v) is 3.61. The van der Waals surface area contributed by atoms with Gasteiger partial charge in [0.05, 0.1) is 12.7 Å². The number of rotatable bonds is 0. The Morgan fingerprint density at radius 3 is 2.47 bits per heavy atom. The summed E-state index contributed by atoms with van der Waals surface area (Å²) in [6.45, 7) is 10.0. The summed E-state index contributed by atoms with van der Waals surface area (Å²) in [4.78, 5) is 0. The highest BCUT2D eigenvalue weighted by Crippen LogP contribution is 2.47. The first-order valence-corrected chi connectivity index (χ1v) is 6.23. The summed E-state index contributed by atoms with van der Waals surface area (Å²) in [7, 11) is 0. The van der Waals surface area contributed by atoms with Crippen molar-refractivity contribution >= 4 is 0 Å². The minimum atomic E-state index is -0.265. The molecule has 0 aromatic heterocycles. The zero-order valence-electron chi connectivity index (χ0n) is 10.5. The van der Waals surface area contributed by atoms with E-state index in [0.717, 1.165) is 25.9 Å². The fourth-order valence-corrected chi connectivity index (χ4v) is 3.49. The van der Waals surface area contributed by atoms with Crippen LogP contribution in [0.2, 0.25) is 0 Å². The van der Waals surface area contributed by atoms with Gasteiger partial charge in [-0.1, -0.05) is 20.8 Å². The lowest BCUT2D eigenvalue weighted by Crippen LogP contribution is -2.50. The van der Waals surface area contributed by atoms with Crippen molar-refractivity contribution in [3.05, 3.63) is 0 Å². The third-order valence-electron chi connectivity index (χ3n) is 3.61. The highest BCUT2D eigenvalue weighted by atomic mass is 16.7. The van der Waals surface area contributed by atoms with Crippen molar-refractivity contribution in [3.63, 3.8) is 0 Å². The maximum Gasteiger partial charge on any atom is 0.169 e. The van der Waals surface area contributed by atoms with Crippen molar-refractivity contribution in [3.8, 4) is 0 Å². The maximum absolute atomic E-state index is 6.10. The minimum Gasteiger partial charge on any atom is -0.350 e. The van der Waals surface area contributed by atoms with Crippen molar-refractivity contribution in [2.75, 3.05) is 6.61 Å². The van der Waals surface area contributed by atoms with Gasteiger partial charge in [-0.2, -0.15) is 0 Å². The van der Waals surface area contributed by atoms with Crippen LogP contribution in [-0.4, -0.2) is 18.5 Å². The summed E-state index contributed by atoms with van der Waals surface area (Å²) in [5.74, 6) is 0.442. The fraction of sp³-hybridized carbons (Fsp3) is 1.00. The van der Waals surface area contributed by atoms with E-state index < -0.39 is 0 Å². The van der Waals surface area contributed by atoms with Crippen LogP contribution in [0.3, 0.4) is 0 Å². The van der Waals surface area contributed by atoms with E-state index >= 15 is 0 Å². The standard InChI is InChI=1S/C13H24O2/c1-10-7-12(3,4)9-13(8-10)14-6-5-11(2)15-13/h10-11H,5-9H2,1-4H3/t10-,11+,13-/m1/s1. The minimum absolute atomic E-state index is 0.265. The molecule has 1 heterocycles. The van der Waals surface area contributed by atoms with Gasteiger partial charge in [-0.15, -0.1) is 0 Å². The summed E-state index contributed by atoms with van der Waals surface area (Å²) in [6, 6.07) is 0. The van der Waals surface area contributed by atoms with E-state index in [-0.39, 0.29) is 5.79 Å². The molecule has 0 bridgehead atoms. The molecule has 0 aromatic rings. The van der Waals surface area contributed by atoms with E-state index in [1.807, 2.05) is 0 Å². The maximum atomic E-state index is 6.10. The van der Waals surface area contributed by atoms with Gasteiger partial charge < -0.3 is 9.47 Å². The average Bonchev–Trinajstić information content (AvgIpc) is 1.97. The largest absolute Gasteiger partial charge is 0.350 e. The van der Waals surface area contributed by atoms with Crippen molar-refractivity contribution < 1.29 is 9.47 Å². The lowest BCUT2D eigenvalue weighted by atomic mass is 9.69. The molecule has 0 aromatic carbocycles. The van der Waals surface area contributed by atoms with Crippen molar-refractivity contribution in [2.24, 2.45) is 11.3 Å². The molecule has 1 aliphatic carbocycles. The van der Waals surface area contributed by atoms with Crippen LogP contribution in [0.4, 0.5) is 0 Å².